The molecule has 104 valence electrons. The lowest BCUT2D eigenvalue weighted by atomic mass is 10.3. The molecule has 0 unspecified atom stereocenters. The lowest BCUT2D eigenvalue weighted by Crippen LogP contribution is -2.21. The highest BCUT2D eigenvalue weighted by Gasteiger charge is 2.05. The molecule has 0 radical (unpaired) electrons. The first-order chi connectivity index (χ1) is 9.33. The van der Waals surface area contributed by atoms with Gasteiger partial charge in [0.05, 0.1) is 24.2 Å². The molecule has 0 bridgehead atoms. The van der Waals surface area contributed by atoms with Crippen molar-refractivity contribution in [2.24, 2.45) is 7.05 Å². The van der Waals surface area contributed by atoms with Crippen LogP contribution in [0.2, 0.25) is 0 Å². The maximum atomic E-state index is 5.51. The van der Waals surface area contributed by atoms with Gasteiger partial charge in [-0.15, -0.1) is 0 Å². The van der Waals surface area contributed by atoms with Crippen LogP contribution in [0.3, 0.4) is 0 Å². The van der Waals surface area contributed by atoms with E-state index in [9.17, 15) is 0 Å². The van der Waals surface area contributed by atoms with Crippen LogP contribution in [-0.2, 0) is 18.3 Å². The van der Waals surface area contributed by atoms with Gasteiger partial charge in [0.1, 0.15) is 5.82 Å². The number of rotatable bonds is 8. The Labute approximate surface area is 114 Å². The molecule has 0 aliphatic rings. The van der Waals surface area contributed by atoms with E-state index in [1.807, 2.05) is 18.2 Å². The average Bonchev–Trinajstić information content (AvgIpc) is 2.75. The second-order valence-electron chi connectivity index (χ2n) is 4.72. The van der Waals surface area contributed by atoms with Gasteiger partial charge >= 0.3 is 0 Å². The predicted molar refractivity (Wildman–Crippen MR) is 78.1 cm³/mol. The number of ether oxygens (including phenoxy) is 1. The molecular formula is C15H23N3O. The summed E-state index contributed by atoms with van der Waals surface area (Å²) in [5, 5.41) is 3.37. The highest BCUT2D eigenvalue weighted by atomic mass is 16.5. The monoisotopic (exact) mass is 261 g/mol. The van der Waals surface area contributed by atoms with Gasteiger partial charge in [-0.3, -0.25) is 0 Å². The topological polar surface area (TPSA) is 39.1 Å². The van der Waals surface area contributed by atoms with Crippen molar-refractivity contribution >= 4 is 11.0 Å². The minimum absolute atomic E-state index is 0.768. The number of fused-ring (bicyclic) bond motifs is 1. The van der Waals surface area contributed by atoms with Crippen LogP contribution in [0.15, 0.2) is 24.3 Å². The van der Waals surface area contributed by atoms with Crippen LogP contribution in [0.4, 0.5) is 0 Å². The van der Waals surface area contributed by atoms with Crippen molar-refractivity contribution in [1.82, 2.24) is 14.9 Å². The SMILES string of the molecule is CCCCOCCNCc1nc2ccccc2n1C. The number of unbranched alkanes of at least 4 members (excludes halogenated alkanes) is 1. The molecule has 4 nitrogen and oxygen atoms in total. The van der Waals surface area contributed by atoms with E-state index in [1.165, 1.54) is 11.9 Å². The Morgan fingerprint density at radius 1 is 1.26 bits per heavy atom. The van der Waals surface area contributed by atoms with Crippen LogP contribution in [0.5, 0.6) is 0 Å². The lowest BCUT2D eigenvalue weighted by molar-refractivity contribution is 0.132. The molecule has 2 rings (SSSR count). The van der Waals surface area contributed by atoms with Gasteiger partial charge in [0.15, 0.2) is 0 Å². The molecule has 1 aromatic heterocycles. The third-order valence-corrected chi connectivity index (χ3v) is 3.23. The molecule has 0 atom stereocenters. The smallest absolute Gasteiger partial charge is 0.123 e. The van der Waals surface area contributed by atoms with Crippen molar-refractivity contribution in [3.8, 4) is 0 Å². The number of nitrogens with one attached hydrogen (secondary N) is 1. The Kier molecular flexibility index (Phi) is 5.36. The number of nitrogens with zero attached hydrogens (tertiary/aromatic N) is 2. The molecule has 1 aromatic carbocycles. The van der Waals surface area contributed by atoms with E-state index >= 15 is 0 Å². The number of benzene rings is 1. The molecule has 0 amide bonds. The molecule has 0 aliphatic heterocycles. The summed E-state index contributed by atoms with van der Waals surface area (Å²) in [6, 6.07) is 8.21. The summed E-state index contributed by atoms with van der Waals surface area (Å²) < 4.78 is 7.65. The van der Waals surface area contributed by atoms with Gasteiger partial charge in [0, 0.05) is 20.2 Å². The molecular weight excluding hydrogens is 238 g/mol. The second kappa shape index (κ2) is 7.26. The summed E-state index contributed by atoms with van der Waals surface area (Å²) in [5.41, 5.74) is 2.24. The minimum atomic E-state index is 0.768. The third-order valence-electron chi connectivity index (χ3n) is 3.23. The normalized spacial score (nSPS) is 11.3. The quantitative estimate of drug-likeness (QED) is 0.742. The summed E-state index contributed by atoms with van der Waals surface area (Å²) in [7, 11) is 2.06. The van der Waals surface area contributed by atoms with Crippen LogP contribution in [0, 0.1) is 0 Å². The van der Waals surface area contributed by atoms with Gasteiger partial charge in [-0.25, -0.2) is 4.98 Å². The number of para-hydroxylation sites is 2. The molecule has 1 N–H and O–H groups in total. The van der Waals surface area contributed by atoms with E-state index in [0.717, 1.165) is 44.1 Å². The van der Waals surface area contributed by atoms with Gasteiger partial charge < -0.3 is 14.6 Å². The molecule has 2 aromatic rings. The summed E-state index contributed by atoms with van der Waals surface area (Å²) in [6.45, 7) is 5.46. The fraction of sp³-hybridized carbons (Fsp3) is 0.533. The van der Waals surface area contributed by atoms with Crippen LogP contribution >= 0.6 is 0 Å². The minimum Gasteiger partial charge on any atom is -0.380 e. The molecule has 0 aliphatic carbocycles. The van der Waals surface area contributed by atoms with Crippen molar-refractivity contribution in [3.05, 3.63) is 30.1 Å². The Bertz CT molecular complexity index is 507. The lowest BCUT2D eigenvalue weighted by Gasteiger charge is -2.06. The van der Waals surface area contributed by atoms with Crippen LogP contribution in [-0.4, -0.2) is 29.3 Å². The van der Waals surface area contributed by atoms with E-state index in [-0.39, 0.29) is 0 Å². The summed E-state index contributed by atoms with van der Waals surface area (Å²) in [6.07, 6.45) is 2.33. The van der Waals surface area contributed by atoms with Crippen molar-refractivity contribution in [2.75, 3.05) is 19.8 Å². The van der Waals surface area contributed by atoms with E-state index < -0.39 is 0 Å². The molecule has 4 heteroatoms. The Hall–Kier alpha value is -1.39. The van der Waals surface area contributed by atoms with Gasteiger partial charge in [-0.2, -0.15) is 0 Å². The Morgan fingerprint density at radius 2 is 2.11 bits per heavy atom. The summed E-state index contributed by atoms with van der Waals surface area (Å²) >= 11 is 0. The van der Waals surface area contributed by atoms with Crippen molar-refractivity contribution in [2.45, 2.75) is 26.3 Å². The standard InChI is InChI=1S/C15H23N3O/c1-3-4-10-19-11-9-16-12-15-17-13-7-5-6-8-14(13)18(15)2/h5-8,16H,3-4,9-12H2,1-2H3. The van der Waals surface area contributed by atoms with Gasteiger partial charge in [-0.1, -0.05) is 25.5 Å². The van der Waals surface area contributed by atoms with Gasteiger partial charge in [-0.05, 0) is 18.6 Å². The molecule has 0 saturated heterocycles. The van der Waals surface area contributed by atoms with Crippen LogP contribution in [0.25, 0.3) is 11.0 Å². The number of imidazole rings is 1. The Morgan fingerprint density at radius 3 is 2.89 bits per heavy atom. The molecule has 0 spiro atoms. The maximum Gasteiger partial charge on any atom is 0.123 e. The number of aromatic nitrogens is 2. The summed E-state index contributed by atoms with van der Waals surface area (Å²) in [5.74, 6) is 1.06. The van der Waals surface area contributed by atoms with E-state index in [4.69, 9.17) is 4.74 Å². The zero-order valence-corrected chi connectivity index (χ0v) is 11.9. The highest BCUT2D eigenvalue weighted by Crippen LogP contribution is 2.13. The highest BCUT2D eigenvalue weighted by molar-refractivity contribution is 5.75. The fourth-order valence-corrected chi connectivity index (χ4v) is 2.05. The van der Waals surface area contributed by atoms with Crippen LogP contribution < -0.4 is 5.32 Å². The largest absolute Gasteiger partial charge is 0.380 e. The molecule has 0 fully saturated rings. The molecule has 1 heterocycles. The zero-order valence-electron chi connectivity index (χ0n) is 11.9. The third kappa shape index (κ3) is 3.78. The van der Waals surface area contributed by atoms with Crippen molar-refractivity contribution in [1.29, 1.82) is 0 Å². The van der Waals surface area contributed by atoms with Gasteiger partial charge in [0.2, 0.25) is 0 Å². The zero-order chi connectivity index (χ0) is 13.5. The first-order valence-electron chi connectivity index (χ1n) is 7.01. The van der Waals surface area contributed by atoms with Gasteiger partial charge in [0.25, 0.3) is 0 Å². The average molecular weight is 261 g/mol. The number of hydrogen-bond donors (Lipinski definition) is 1. The first kappa shape index (κ1) is 14.0. The van der Waals surface area contributed by atoms with Crippen molar-refractivity contribution < 1.29 is 4.74 Å². The predicted octanol–water partition coefficient (Wildman–Crippen LogP) is 2.48. The van der Waals surface area contributed by atoms with E-state index in [1.54, 1.807) is 0 Å². The Balaban J connectivity index is 1.77. The maximum absolute atomic E-state index is 5.51. The fourth-order valence-electron chi connectivity index (χ4n) is 2.05. The van der Waals surface area contributed by atoms with E-state index in [2.05, 4.69) is 34.9 Å². The number of aryl methyl sites for hydroxylation is 1. The summed E-state index contributed by atoms with van der Waals surface area (Å²) in [4.78, 5) is 4.62. The number of hydrogen-bond acceptors (Lipinski definition) is 3. The van der Waals surface area contributed by atoms with Crippen LogP contribution in [0.1, 0.15) is 25.6 Å². The van der Waals surface area contributed by atoms with Crippen molar-refractivity contribution in [3.63, 3.8) is 0 Å². The first-order valence-corrected chi connectivity index (χ1v) is 7.01. The second-order valence-corrected chi connectivity index (χ2v) is 4.72. The molecule has 0 saturated carbocycles. The van der Waals surface area contributed by atoms with E-state index in [0.29, 0.717) is 0 Å². The molecule has 19 heavy (non-hydrogen) atoms.